The summed E-state index contributed by atoms with van der Waals surface area (Å²) in [5, 5.41) is 13.7. The molecule has 0 aliphatic heterocycles. The van der Waals surface area contributed by atoms with E-state index in [1.165, 1.54) is 18.4 Å². The van der Waals surface area contributed by atoms with Gasteiger partial charge < -0.3 is 19.9 Å². The number of carbonyl (C=O) groups is 2. The number of amides is 1. The number of aliphatic carboxylic acids is 1. The molecule has 1 aromatic heterocycles. The van der Waals surface area contributed by atoms with Crippen LogP contribution in [0.2, 0.25) is 5.02 Å². The summed E-state index contributed by atoms with van der Waals surface area (Å²) < 4.78 is 10.1. The largest absolute Gasteiger partial charge is 0.480 e. The Hall–Kier alpha value is -2.16. The lowest BCUT2D eigenvalue weighted by Gasteiger charge is -2.07. The Labute approximate surface area is 147 Å². The van der Waals surface area contributed by atoms with E-state index >= 15 is 0 Å². The molecule has 24 heavy (non-hydrogen) atoms. The molecular formula is C15H15ClN2O5S. The first-order valence-corrected chi connectivity index (χ1v) is 8.10. The summed E-state index contributed by atoms with van der Waals surface area (Å²) in [7, 11) is 1.52. The zero-order valence-electron chi connectivity index (χ0n) is 12.7. The fourth-order valence-corrected chi connectivity index (χ4v) is 2.85. The van der Waals surface area contributed by atoms with Crippen LogP contribution in [0.15, 0.2) is 23.6 Å². The number of nitrogens with zero attached hydrogens (tertiary/aromatic N) is 1. The molecule has 0 unspecified atom stereocenters. The van der Waals surface area contributed by atoms with Crippen LogP contribution in [0.3, 0.4) is 0 Å². The first-order valence-electron chi connectivity index (χ1n) is 6.84. The van der Waals surface area contributed by atoms with Crippen molar-refractivity contribution in [2.24, 2.45) is 0 Å². The number of hydrogen-bond acceptors (Lipinski definition) is 6. The number of halogens is 1. The van der Waals surface area contributed by atoms with E-state index in [0.717, 1.165) is 5.56 Å². The van der Waals surface area contributed by atoms with Crippen molar-refractivity contribution in [3.05, 3.63) is 34.3 Å². The lowest BCUT2D eigenvalue weighted by Crippen LogP contribution is -2.30. The quantitative estimate of drug-likeness (QED) is 0.691. The molecule has 2 rings (SSSR count). The third kappa shape index (κ3) is 5.19. The highest BCUT2D eigenvalue weighted by atomic mass is 35.5. The molecule has 0 spiro atoms. The van der Waals surface area contributed by atoms with Gasteiger partial charge >= 0.3 is 5.97 Å². The van der Waals surface area contributed by atoms with Crippen LogP contribution in [-0.4, -0.2) is 42.4 Å². The van der Waals surface area contributed by atoms with E-state index in [1.807, 2.05) is 6.07 Å². The number of carbonyl (C=O) groups excluding carboxylic acids is 1. The number of carboxylic acids is 1. The van der Waals surface area contributed by atoms with Gasteiger partial charge in [-0.25, -0.2) is 4.98 Å². The first-order chi connectivity index (χ1) is 11.5. The van der Waals surface area contributed by atoms with Gasteiger partial charge in [-0.15, -0.1) is 11.3 Å². The molecule has 2 aromatic rings. The number of ether oxygens (including phenoxy) is 2. The van der Waals surface area contributed by atoms with E-state index in [-0.39, 0.29) is 13.2 Å². The summed E-state index contributed by atoms with van der Waals surface area (Å²) in [5.74, 6) is -0.976. The predicted octanol–water partition coefficient (Wildman–Crippen LogP) is 2.19. The maximum Gasteiger partial charge on any atom is 0.322 e. The van der Waals surface area contributed by atoms with Crippen molar-refractivity contribution in [3.63, 3.8) is 0 Å². The number of hydrogen-bond donors (Lipinski definition) is 2. The number of aromatic nitrogens is 1. The summed E-state index contributed by atoms with van der Waals surface area (Å²) in [5.41, 5.74) is 1.36. The van der Waals surface area contributed by atoms with Gasteiger partial charge in [0.05, 0.1) is 17.1 Å². The molecule has 1 heterocycles. The minimum absolute atomic E-state index is 0.0204. The van der Waals surface area contributed by atoms with Crippen molar-refractivity contribution in [1.82, 2.24) is 10.3 Å². The van der Waals surface area contributed by atoms with Gasteiger partial charge in [-0.1, -0.05) is 11.6 Å². The highest BCUT2D eigenvalue weighted by Crippen LogP contribution is 2.32. The molecule has 1 aromatic carbocycles. The van der Waals surface area contributed by atoms with Crippen molar-refractivity contribution in [2.45, 2.75) is 6.42 Å². The number of carboxylic acid groups (broad SMARTS) is 1. The van der Waals surface area contributed by atoms with E-state index in [1.54, 1.807) is 17.5 Å². The van der Waals surface area contributed by atoms with E-state index in [9.17, 15) is 9.59 Å². The second-order valence-corrected chi connectivity index (χ2v) is 5.95. The molecular weight excluding hydrogens is 356 g/mol. The number of benzene rings is 1. The minimum atomic E-state index is -1.09. The van der Waals surface area contributed by atoms with Crippen LogP contribution in [0, 0.1) is 0 Å². The maximum absolute atomic E-state index is 11.6. The van der Waals surface area contributed by atoms with E-state index in [2.05, 4.69) is 10.3 Å². The summed E-state index contributed by atoms with van der Waals surface area (Å²) in [4.78, 5) is 26.4. The highest BCUT2D eigenvalue weighted by molar-refractivity contribution is 7.13. The Bertz CT molecular complexity index is 734. The Morgan fingerprint density at radius 2 is 2.21 bits per heavy atom. The third-order valence-electron chi connectivity index (χ3n) is 2.84. The van der Waals surface area contributed by atoms with Gasteiger partial charge in [0.2, 0.25) is 5.91 Å². The SMILES string of the molecule is COCOc1ccc(-c2nc(CC(=O)NCC(=O)O)cs2)cc1Cl. The summed E-state index contributed by atoms with van der Waals surface area (Å²) >= 11 is 7.52. The van der Waals surface area contributed by atoms with Crippen LogP contribution >= 0.6 is 22.9 Å². The average Bonchev–Trinajstić information content (AvgIpc) is 3.00. The molecule has 7 nitrogen and oxygen atoms in total. The second-order valence-electron chi connectivity index (χ2n) is 4.69. The van der Waals surface area contributed by atoms with Gasteiger partial charge in [-0.2, -0.15) is 0 Å². The Kier molecular flexibility index (Phi) is 6.53. The molecule has 0 aliphatic carbocycles. The van der Waals surface area contributed by atoms with Crippen LogP contribution in [-0.2, 0) is 20.7 Å². The Balaban J connectivity index is 2.03. The average molecular weight is 371 g/mol. The van der Waals surface area contributed by atoms with Gasteiger partial charge in [-0.3, -0.25) is 9.59 Å². The zero-order chi connectivity index (χ0) is 17.5. The molecule has 1 amide bonds. The van der Waals surface area contributed by atoms with Crippen molar-refractivity contribution in [1.29, 1.82) is 0 Å². The first kappa shape index (κ1) is 18.2. The predicted molar refractivity (Wildman–Crippen MR) is 89.4 cm³/mol. The Morgan fingerprint density at radius 3 is 2.88 bits per heavy atom. The van der Waals surface area contributed by atoms with Crippen LogP contribution in [0.25, 0.3) is 10.6 Å². The molecule has 0 bridgehead atoms. The van der Waals surface area contributed by atoms with Gasteiger partial charge in [0.25, 0.3) is 0 Å². The third-order valence-corrected chi connectivity index (χ3v) is 4.08. The lowest BCUT2D eigenvalue weighted by molar-refractivity contribution is -0.137. The van der Waals surface area contributed by atoms with Gasteiger partial charge in [0, 0.05) is 18.1 Å². The molecule has 0 fully saturated rings. The molecule has 0 atom stereocenters. The summed E-state index contributed by atoms with van der Waals surface area (Å²) in [6.45, 7) is -0.305. The van der Waals surface area contributed by atoms with Crippen LogP contribution in [0.5, 0.6) is 5.75 Å². The fraction of sp³-hybridized carbons (Fsp3) is 0.267. The molecule has 0 aliphatic rings. The zero-order valence-corrected chi connectivity index (χ0v) is 14.3. The fourth-order valence-electron chi connectivity index (χ4n) is 1.80. The minimum Gasteiger partial charge on any atom is -0.480 e. The molecule has 128 valence electrons. The van der Waals surface area contributed by atoms with Gasteiger partial charge in [0.1, 0.15) is 17.3 Å². The van der Waals surface area contributed by atoms with Crippen LogP contribution in [0.1, 0.15) is 5.69 Å². The van der Waals surface area contributed by atoms with Crippen molar-refractivity contribution in [2.75, 3.05) is 20.4 Å². The van der Waals surface area contributed by atoms with Crippen molar-refractivity contribution in [3.8, 4) is 16.3 Å². The standard InChI is InChI=1S/C15H15ClN2O5S/c1-22-8-23-12-3-2-9(4-11(12)16)15-18-10(7-24-15)5-13(19)17-6-14(20)21/h2-4,7H,5-6,8H2,1H3,(H,17,19)(H,20,21). The van der Waals surface area contributed by atoms with Crippen LogP contribution < -0.4 is 10.1 Å². The lowest BCUT2D eigenvalue weighted by atomic mass is 10.2. The Morgan fingerprint density at radius 1 is 1.42 bits per heavy atom. The van der Waals surface area contributed by atoms with Gasteiger partial charge in [0.15, 0.2) is 6.79 Å². The van der Waals surface area contributed by atoms with E-state index in [0.29, 0.717) is 21.5 Å². The van der Waals surface area contributed by atoms with Crippen LogP contribution in [0.4, 0.5) is 0 Å². The topological polar surface area (TPSA) is 97.8 Å². The van der Waals surface area contributed by atoms with Gasteiger partial charge in [-0.05, 0) is 18.2 Å². The van der Waals surface area contributed by atoms with Crippen molar-refractivity contribution >= 4 is 34.8 Å². The second kappa shape index (κ2) is 8.62. The van der Waals surface area contributed by atoms with E-state index in [4.69, 9.17) is 26.2 Å². The summed E-state index contributed by atoms with van der Waals surface area (Å²) in [6.07, 6.45) is 0.0204. The molecule has 0 radical (unpaired) electrons. The summed E-state index contributed by atoms with van der Waals surface area (Å²) in [6, 6.07) is 5.25. The maximum atomic E-state index is 11.6. The number of rotatable bonds is 8. The number of nitrogens with one attached hydrogen (secondary N) is 1. The normalized spacial score (nSPS) is 10.4. The monoisotopic (exact) mass is 370 g/mol. The molecule has 2 N–H and O–H groups in total. The van der Waals surface area contributed by atoms with E-state index < -0.39 is 18.4 Å². The smallest absolute Gasteiger partial charge is 0.322 e. The molecule has 9 heteroatoms. The highest BCUT2D eigenvalue weighted by Gasteiger charge is 2.11. The number of thiazole rings is 1. The van der Waals surface area contributed by atoms with Crippen molar-refractivity contribution < 1.29 is 24.2 Å². The molecule has 0 saturated heterocycles. The molecule has 0 saturated carbocycles. The number of methoxy groups -OCH3 is 1.